The van der Waals surface area contributed by atoms with Crippen LogP contribution in [-0.4, -0.2) is 21.2 Å². The predicted octanol–water partition coefficient (Wildman–Crippen LogP) is 3.21. The number of fused-ring (bicyclic) bond motifs is 1. The number of halogens is 2. The van der Waals surface area contributed by atoms with Crippen molar-refractivity contribution >= 4 is 51.6 Å². The van der Waals surface area contributed by atoms with Gasteiger partial charge in [-0.3, -0.25) is 14.6 Å². The van der Waals surface area contributed by atoms with Crippen LogP contribution in [-0.2, 0) is 11.3 Å². The Morgan fingerprint density at radius 1 is 1.31 bits per heavy atom. The molecule has 7 nitrogen and oxygen atoms in total. The summed E-state index contributed by atoms with van der Waals surface area (Å²) >= 11 is 11.9. The van der Waals surface area contributed by atoms with Crippen molar-refractivity contribution in [1.82, 2.24) is 9.55 Å². The van der Waals surface area contributed by atoms with Gasteiger partial charge in [0, 0.05) is 12.4 Å². The largest absolute Gasteiger partial charge is 0.711 e. The Hall–Kier alpha value is -2.64. The van der Waals surface area contributed by atoms with Crippen LogP contribution in [0.15, 0.2) is 36.9 Å². The molecule has 1 N–H and O–H groups in total. The molecule has 3 aromatic heterocycles. The molecule has 134 valence electrons. The van der Waals surface area contributed by atoms with E-state index in [1.165, 1.54) is 30.9 Å². The van der Waals surface area contributed by atoms with E-state index in [0.29, 0.717) is 22.3 Å². The number of nitrogens with zero attached hydrogens (tertiary/aromatic N) is 3. The van der Waals surface area contributed by atoms with Crippen LogP contribution in [0.4, 0.5) is 5.69 Å². The lowest BCUT2D eigenvalue weighted by molar-refractivity contribution is -0.580. The van der Waals surface area contributed by atoms with Gasteiger partial charge in [0.05, 0.1) is 39.4 Å². The Morgan fingerprint density at radius 3 is 2.65 bits per heavy atom. The minimum Gasteiger partial charge on any atom is -0.711 e. The molecule has 0 radical (unpaired) electrons. The van der Waals surface area contributed by atoms with Crippen LogP contribution in [0.1, 0.15) is 23.7 Å². The minimum atomic E-state index is -0.906. The third kappa shape index (κ3) is 3.23. The molecule has 0 atom stereocenters. The maximum Gasteiger partial charge on any atom is 0.297 e. The van der Waals surface area contributed by atoms with Crippen LogP contribution >= 0.6 is 23.2 Å². The molecule has 0 aromatic carbocycles. The van der Waals surface area contributed by atoms with Crippen LogP contribution in [0.5, 0.6) is 0 Å². The Bertz CT molecular complexity index is 996. The number of carbonyl (C=O) groups excluding carboxylic acids is 2. The van der Waals surface area contributed by atoms with Crippen molar-refractivity contribution < 1.29 is 14.3 Å². The molecule has 3 aromatic rings. The molecule has 1 amide bonds. The van der Waals surface area contributed by atoms with E-state index in [2.05, 4.69) is 10.3 Å². The Labute approximate surface area is 158 Å². The number of nitrogens with one attached hydrogen (secondary N) is 1. The Kier molecular flexibility index (Phi) is 5.11. The quantitative estimate of drug-likeness (QED) is 0.312. The van der Waals surface area contributed by atoms with E-state index in [1.54, 1.807) is 10.6 Å². The molecule has 0 saturated heterocycles. The molecular weight excluding hydrogens is 379 g/mol. The van der Waals surface area contributed by atoms with Gasteiger partial charge in [0.15, 0.2) is 0 Å². The molecule has 0 aliphatic heterocycles. The van der Waals surface area contributed by atoms with Crippen molar-refractivity contribution in [2.45, 2.75) is 19.9 Å². The number of carbonyl (C=O) groups is 2. The third-order valence-corrected chi connectivity index (χ3v) is 4.36. The van der Waals surface area contributed by atoms with Crippen molar-refractivity contribution in [3.8, 4) is 0 Å². The molecule has 0 spiro atoms. The van der Waals surface area contributed by atoms with Gasteiger partial charge in [-0.15, -0.1) is 0 Å². The topological polar surface area (TPSA) is 90.9 Å². The summed E-state index contributed by atoms with van der Waals surface area (Å²) < 4.78 is 2.34. The van der Waals surface area contributed by atoms with Gasteiger partial charge in [-0.05, 0) is 18.6 Å². The van der Waals surface area contributed by atoms with Crippen LogP contribution in [0.3, 0.4) is 0 Å². The molecular formula is C17H14Cl2N4O3. The molecule has 0 fully saturated rings. The van der Waals surface area contributed by atoms with Crippen LogP contribution < -0.4 is 10.0 Å². The Balaban J connectivity index is 2.00. The SMILES string of the molecule is CCCn1cc(C(=O)C(=O)Nc2c(Cl)cncc2Cl)c2ccc[n+]([O-])c21. The van der Waals surface area contributed by atoms with E-state index >= 15 is 0 Å². The van der Waals surface area contributed by atoms with Gasteiger partial charge >= 0.3 is 0 Å². The fourth-order valence-corrected chi connectivity index (χ4v) is 3.13. The summed E-state index contributed by atoms with van der Waals surface area (Å²) in [5, 5.41) is 15.1. The molecule has 0 aliphatic carbocycles. The summed E-state index contributed by atoms with van der Waals surface area (Å²) in [5.74, 6) is -1.70. The maximum atomic E-state index is 12.7. The zero-order valence-corrected chi connectivity index (χ0v) is 15.2. The molecule has 0 saturated carbocycles. The molecule has 0 unspecified atom stereocenters. The highest BCUT2D eigenvalue weighted by molar-refractivity contribution is 6.50. The van der Waals surface area contributed by atoms with Gasteiger partial charge in [0.25, 0.3) is 17.3 Å². The van der Waals surface area contributed by atoms with Crippen molar-refractivity contribution in [3.63, 3.8) is 0 Å². The highest BCUT2D eigenvalue weighted by atomic mass is 35.5. The van der Waals surface area contributed by atoms with Gasteiger partial charge in [0.2, 0.25) is 0 Å². The number of Topliss-reactive ketones (excluding diaryl/α,β-unsaturated/α-hetero) is 1. The second-order valence-corrected chi connectivity index (χ2v) is 6.38. The number of ketones is 1. The predicted molar refractivity (Wildman–Crippen MR) is 98.4 cm³/mol. The molecule has 26 heavy (non-hydrogen) atoms. The van der Waals surface area contributed by atoms with Crippen molar-refractivity contribution in [1.29, 1.82) is 0 Å². The minimum absolute atomic E-state index is 0.109. The lowest BCUT2D eigenvalue weighted by atomic mass is 10.1. The number of hydrogen-bond acceptors (Lipinski definition) is 4. The number of amides is 1. The lowest BCUT2D eigenvalue weighted by Crippen LogP contribution is -2.28. The summed E-state index contributed by atoms with van der Waals surface area (Å²) in [6.07, 6.45) is 6.24. The number of pyridine rings is 2. The number of rotatable bonds is 5. The fraction of sp³-hybridized carbons (Fsp3) is 0.176. The normalized spacial score (nSPS) is 10.9. The van der Waals surface area contributed by atoms with Gasteiger partial charge in [-0.1, -0.05) is 30.1 Å². The monoisotopic (exact) mass is 392 g/mol. The van der Waals surface area contributed by atoms with E-state index in [4.69, 9.17) is 23.2 Å². The first-order chi connectivity index (χ1) is 12.4. The summed E-state index contributed by atoms with van der Waals surface area (Å²) in [7, 11) is 0. The van der Waals surface area contributed by atoms with Crippen LogP contribution in [0.25, 0.3) is 11.0 Å². The Morgan fingerprint density at radius 2 is 2.00 bits per heavy atom. The highest BCUT2D eigenvalue weighted by Gasteiger charge is 2.26. The van der Waals surface area contributed by atoms with Crippen LogP contribution in [0, 0.1) is 5.21 Å². The smallest absolute Gasteiger partial charge is 0.297 e. The van der Waals surface area contributed by atoms with Crippen LogP contribution in [0.2, 0.25) is 10.0 Å². The maximum absolute atomic E-state index is 12.7. The van der Waals surface area contributed by atoms with E-state index in [0.717, 1.165) is 6.42 Å². The number of aromatic nitrogens is 3. The zero-order valence-electron chi connectivity index (χ0n) is 13.7. The third-order valence-electron chi connectivity index (χ3n) is 3.79. The molecule has 0 bridgehead atoms. The van der Waals surface area contributed by atoms with Gasteiger partial charge in [-0.2, -0.15) is 0 Å². The average molecular weight is 393 g/mol. The first kappa shape index (κ1) is 18.2. The second kappa shape index (κ2) is 7.31. The molecule has 3 rings (SSSR count). The number of aryl methyl sites for hydroxylation is 1. The van der Waals surface area contributed by atoms with E-state index in [-0.39, 0.29) is 21.3 Å². The zero-order chi connectivity index (χ0) is 18.8. The van der Waals surface area contributed by atoms with Gasteiger partial charge in [0.1, 0.15) is 6.20 Å². The summed E-state index contributed by atoms with van der Waals surface area (Å²) in [5.41, 5.74) is 0.570. The highest BCUT2D eigenvalue weighted by Crippen LogP contribution is 2.29. The molecule has 9 heteroatoms. The summed E-state index contributed by atoms with van der Waals surface area (Å²) in [6.45, 7) is 2.49. The molecule has 3 heterocycles. The van der Waals surface area contributed by atoms with E-state index in [9.17, 15) is 14.8 Å². The van der Waals surface area contributed by atoms with E-state index < -0.39 is 11.7 Å². The van der Waals surface area contributed by atoms with Gasteiger partial charge in [-0.25, -0.2) is 9.30 Å². The summed E-state index contributed by atoms with van der Waals surface area (Å²) in [4.78, 5) is 28.9. The first-order valence-corrected chi connectivity index (χ1v) is 8.55. The average Bonchev–Trinajstić information content (AvgIpc) is 2.98. The summed E-state index contributed by atoms with van der Waals surface area (Å²) in [6, 6.07) is 3.15. The first-order valence-electron chi connectivity index (χ1n) is 7.79. The second-order valence-electron chi connectivity index (χ2n) is 5.57. The van der Waals surface area contributed by atoms with E-state index in [1.807, 2.05) is 6.92 Å². The molecule has 0 aliphatic rings. The lowest BCUT2D eigenvalue weighted by Gasteiger charge is -2.07. The number of hydrogen-bond donors (Lipinski definition) is 1. The van der Waals surface area contributed by atoms with Crippen molar-refractivity contribution in [2.24, 2.45) is 0 Å². The van der Waals surface area contributed by atoms with Crippen molar-refractivity contribution in [3.05, 3.63) is 57.7 Å². The fourth-order valence-electron chi connectivity index (χ4n) is 2.67. The van der Waals surface area contributed by atoms with Gasteiger partial charge < -0.3 is 10.5 Å². The standard InChI is InChI=1S/C17H14Cl2N4O3/c1-2-5-22-9-11(10-4-3-6-23(26)17(10)22)15(24)16(25)21-14-12(18)7-20-8-13(14)19/h3-4,6-9H,2,5H2,1H3,(H,20,21,25). The number of anilines is 1. The van der Waals surface area contributed by atoms with Crippen molar-refractivity contribution in [2.75, 3.05) is 5.32 Å².